The number of anilines is 1. The summed E-state index contributed by atoms with van der Waals surface area (Å²) in [5.74, 6) is 1.33. The summed E-state index contributed by atoms with van der Waals surface area (Å²) in [5.41, 5.74) is 0.558. The maximum Gasteiger partial charge on any atom is 0.322 e. The number of aliphatic hydroxyl groups excluding tert-OH is 1. The van der Waals surface area contributed by atoms with Crippen molar-refractivity contribution in [3.05, 3.63) is 54.6 Å². The van der Waals surface area contributed by atoms with E-state index in [2.05, 4.69) is 5.32 Å². The molecule has 0 aliphatic carbocycles. The maximum absolute atomic E-state index is 12.5. The highest BCUT2D eigenvalue weighted by atomic mass is 16.5. The number of nitrogens with zero attached hydrogens (tertiary/aromatic N) is 1. The van der Waals surface area contributed by atoms with Gasteiger partial charge in [0.25, 0.3) is 0 Å². The number of rotatable bonds is 7. The third-order valence-corrected chi connectivity index (χ3v) is 4.32. The molecular formula is C20H24N2O5. The van der Waals surface area contributed by atoms with Gasteiger partial charge in [0.1, 0.15) is 24.7 Å². The maximum atomic E-state index is 12.5. The highest BCUT2D eigenvalue weighted by Crippen LogP contribution is 2.24. The fourth-order valence-electron chi connectivity index (χ4n) is 2.78. The molecule has 0 spiro atoms. The second-order valence-corrected chi connectivity index (χ2v) is 6.22. The molecule has 1 aliphatic rings. The zero-order valence-electron chi connectivity index (χ0n) is 15.2. The minimum Gasteiger partial charge on any atom is -0.490 e. The van der Waals surface area contributed by atoms with Gasteiger partial charge in [0.15, 0.2) is 0 Å². The third kappa shape index (κ3) is 5.12. The third-order valence-electron chi connectivity index (χ3n) is 4.32. The van der Waals surface area contributed by atoms with Crippen molar-refractivity contribution in [1.29, 1.82) is 0 Å². The average Bonchev–Trinajstić information content (AvgIpc) is 3.12. The van der Waals surface area contributed by atoms with E-state index < -0.39 is 6.10 Å². The predicted octanol–water partition coefficient (Wildman–Crippen LogP) is 2.37. The lowest BCUT2D eigenvalue weighted by Crippen LogP contribution is -2.46. The lowest BCUT2D eigenvalue weighted by atomic mass is 10.2. The average molecular weight is 372 g/mol. The van der Waals surface area contributed by atoms with Crippen LogP contribution >= 0.6 is 0 Å². The quantitative estimate of drug-likeness (QED) is 0.730. The first-order valence-corrected chi connectivity index (χ1v) is 8.84. The van der Waals surface area contributed by atoms with E-state index >= 15 is 0 Å². The lowest BCUT2D eigenvalue weighted by Gasteiger charge is -2.26. The highest BCUT2D eigenvalue weighted by molar-refractivity contribution is 5.91. The molecule has 1 heterocycles. The Morgan fingerprint density at radius 2 is 1.81 bits per heavy atom. The number of carbonyl (C=O) groups excluding carboxylic acids is 1. The topological polar surface area (TPSA) is 80.3 Å². The van der Waals surface area contributed by atoms with Crippen molar-refractivity contribution in [1.82, 2.24) is 4.90 Å². The molecule has 0 radical (unpaired) electrons. The number of amides is 2. The van der Waals surface area contributed by atoms with Crippen LogP contribution in [0.15, 0.2) is 54.6 Å². The number of aliphatic hydroxyl groups is 1. The highest BCUT2D eigenvalue weighted by Gasteiger charge is 2.32. The van der Waals surface area contributed by atoms with Gasteiger partial charge in [-0.05, 0) is 24.3 Å². The van der Waals surface area contributed by atoms with Crippen molar-refractivity contribution >= 4 is 11.7 Å². The summed E-state index contributed by atoms with van der Waals surface area (Å²) in [4.78, 5) is 13.9. The Labute approximate surface area is 158 Å². The molecule has 2 aromatic rings. The van der Waals surface area contributed by atoms with Crippen LogP contribution in [0.1, 0.15) is 0 Å². The molecule has 0 saturated carbocycles. The molecule has 2 N–H and O–H groups in total. The number of hydrogen-bond acceptors (Lipinski definition) is 5. The van der Waals surface area contributed by atoms with Gasteiger partial charge in [0, 0.05) is 7.05 Å². The van der Waals surface area contributed by atoms with Gasteiger partial charge in [-0.3, -0.25) is 0 Å². The van der Waals surface area contributed by atoms with E-state index in [9.17, 15) is 9.90 Å². The molecule has 0 bridgehead atoms. The minimum atomic E-state index is -0.678. The molecule has 2 aromatic carbocycles. The fourth-order valence-corrected chi connectivity index (χ4v) is 2.78. The fraction of sp³-hybridized carbons (Fsp3) is 0.350. The zero-order valence-corrected chi connectivity index (χ0v) is 15.2. The molecule has 0 aromatic heterocycles. The van der Waals surface area contributed by atoms with Crippen molar-refractivity contribution in [3.63, 3.8) is 0 Å². The van der Waals surface area contributed by atoms with Crippen LogP contribution in [0.25, 0.3) is 0 Å². The number of nitrogens with one attached hydrogen (secondary N) is 1. The monoisotopic (exact) mass is 372 g/mol. The number of carbonyl (C=O) groups is 1. The van der Waals surface area contributed by atoms with E-state index in [1.807, 2.05) is 42.5 Å². The van der Waals surface area contributed by atoms with Crippen LogP contribution in [0.4, 0.5) is 10.5 Å². The summed E-state index contributed by atoms with van der Waals surface area (Å²) < 4.78 is 16.6. The zero-order chi connectivity index (χ0) is 19.1. The number of benzene rings is 2. The van der Waals surface area contributed by atoms with Crippen molar-refractivity contribution in [3.8, 4) is 11.5 Å². The molecule has 144 valence electrons. The van der Waals surface area contributed by atoms with E-state index in [0.29, 0.717) is 31.3 Å². The first-order valence-electron chi connectivity index (χ1n) is 8.84. The van der Waals surface area contributed by atoms with Gasteiger partial charge >= 0.3 is 6.03 Å². The Kier molecular flexibility index (Phi) is 6.51. The Hall–Kier alpha value is -2.77. The molecule has 1 fully saturated rings. The minimum absolute atomic E-state index is 0.239. The van der Waals surface area contributed by atoms with Gasteiger partial charge in [-0.2, -0.15) is 0 Å². The van der Waals surface area contributed by atoms with Gasteiger partial charge in [-0.15, -0.1) is 0 Å². The first kappa shape index (κ1) is 19.0. The van der Waals surface area contributed by atoms with Gasteiger partial charge < -0.3 is 29.5 Å². The number of para-hydroxylation sites is 3. The van der Waals surface area contributed by atoms with Crippen LogP contribution < -0.4 is 14.8 Å². The van der Waals surface area contributed by atoms with Crippen LogP contribution in [0, 0.1) is 0 Å². The van der Waals surface area contributed by atoms with Gasteiger partial charge in [-0.1, -0.05) is 30.3 Å². The lowest BCUT2D eigenvalue weighted by molar-refractivity contribution is 0.106. The predicted molar refractivity (Wildman–Crippen MR) is 101 cm³/mol. The van der Waals surface area contributed by atoms with E-state index in [4.69, 9.17) is 14.2 Å². The molecule has 27 heavy (non-hydrogen) atoms. The molecule has 1 aliphatic heterocycles. The molecule has 7 heteroatoms. The number of hydrogen-bond donors (Lipinski definition) is 2. The van der Waals surface area contributed by atoms with Crippen LogP contribution in [-0.4, -0.2) is 61.7 Å². The molecule has 0 unspecified atom stereocenters. The first-order chi connectivity index (χ1) is 13.1. The molecule has 1 saturated heterocycles. The second-order valence-electron chi connectivity index (χ2n) is 6.22. The number of ether oxygens (including phenoxy) is 3. The molecule has 7 nitrogen and oxygen atoms in total. The summed E-state index contributed by atoms with van der Waals surface area (Å²) in [5, 5.41) is 12.7. The summed E-state index contributed by atoms with van der Waals surface area (Å²) >= 11 is 0. The van der Waals surface area contributed by atoms with Crippen molar-refractivity contribution in [2.24, 2.45) is 0 Å². The SMILES string of the molecule is CN(C(=O)Nc1ccccc1OCCOc1ccccc1)[C@@H]1COC[C@H]1O. The number of likely N-dealkylation sites (N-methyl/N-ethyl adjacent to an activating group) is 1. The smallest absolute Gasteiger partial charge is 0.322 e. The van der Waals surface area contributed by atoms with Crippen LogP contribution in [-0.2, 0) is 4.74 Å². The largest absolute Gasteiger partial charge is 0.490 e. The summed E-state index contributed by atoms with van der Waals surface area (Å²) in [6.45, 7) is 1.29. The standard InChI is InChI=1S/C20H24N2O5/c1-22(17-13-25-14-18(17)23)20(24)21-16-9-5-6-10-19(16)27-12-11-26-15-7-3-2-4-8-15/h2-10,17-18,23H,11-14H2,1H3,(H,21,24)/t17-,18-/m1/s1. The molecule has 2 amide bonds. The van der Waals surface area contributed by atoms with Crippen molar-refractivity contribution < 1.29 is 24.1 Å². The summed E-state index contributed by atoms with van der Waals surface area (Å²) in [6, 6.07) is 16.0. The Morgan fingerprint density at radius 3 is 2.56 bits per heavy atom. The summed E-state index contributed by atoms with van der Waals surface area (Å²) in [7, 11) is 1.63. The van der Waals surface area contributed by atoms with Crippen LogP contribution in [0.5, 0.6) is 11.5 Å². The van der Waals surface area contributed by atoms with E-state index in [1.165, 1.54) is 4.90 Å². The van der Waals surface area contributed by atoms with E-state index in [-0.39, 0.29) is 18.7 Å². The Balaban J connectivity index is 1.53. The molecule has 3 rings (SSSR count). The molecule has 2 atom stereocenters. The van der Waals surface area contributed by atoms with Crippen molar-refractivity contribution in [2.45, 2.75) is 12.1 Å². The van der Waals surface area contributed by atoms with Gasteiger partial charge in [0.05, 0.1) is 31.0 Å². The van der Waals surface area contributed by atoms with Crippen LogP contribution in [0.2, 0.25) is 0 Å². The van der Waals surface area contributed by atoms with Crippen molar-refractivity contribution in [2.75, 3.05) is 38.8 Å². The van der Waals surface area contributed by atoms with E-state index in [1.54, 1.807) is 19.2 Å². The van der Waals surface area contributed by atoms with Crippen LogP contribution in [0.3, 0.4) is 0 Å². The normalized spacial score (nSPS) is 18.7. The Morgan fingerprint density at radius 1 is 1.11 bits per heavy atom. The second kappa shape index (κ2) is 9.25. The van der Waals surface area contributed by atoms with Gasteiger partial charge in [-0.25, -0.2) is 4.79 Å². The van der Waals surface area contributed by atoms with Gasteiger partial charge in [0.2, 0.25) is 0 Å². The Bertz CT molecular complexity index is 740. The summed E-state index contributed by atoms with van der Waals surface area (Å²) in [6.07, 6.45) is -0.678. The molecular weight excluding hydrogens is 348 g/mol. The number of urea groups is 1. The van der Waals surface area contributed by atoms with E-state index in [0.717, 1.165) is 5.75 Å².